The maximum atomic E-state index is 12.6. The van der Waals surface area contributed by atoms with Crippen molar-refractivity contribution >= 4 is 27.3 Å². The number of para-hydroxylation sites is 1. The summed E-state index contributed by atoms with van der Waals surface area (Å²) < 4.78 is 26.7. The number of amides is 1. The molecule has 2 aromatic carbocycles. The Kier molecular flexibility index (Phi) is 7.01. The molecular weight excluding hydrogens is 408 g/mol. The van der Waals surface area contributed by atoms with Crippen LogP contribution in [-0.4, -0.2) is 62.0 Å². The van der Waals surface area contributed by atoms with Gasteiger partial charge in [-0.05, 0) is 30.7 Å². The van der Waals surface area contributed by atoms with Crippen molar-refractivity contribution < 1.29 is 18.1 Å². The molecule has 1 amide bonds. The molecule has 0 unspecified atom stereocenters. The molecule has 1 heterocycles. The molecule has 0 bridgehead atoms. The number of carbonyl (C=O) groups is 1. The standard InChI is InChI=1S/C20H24N4O5S/c25-20(17-7-9-19(10-8-17)24(26)27)21-11-4-16-30(28,29)23-14-12-22(13-15-23)18-5-2-1-3-6-18/h1-3,5-10H,4,11-16H2,(H,21,25). The smallest absolute Gasteiger partial charge is 0.269 e. The summed E-state index contributed by atoms with van der Waals surface area (Å²) in [6, 6.07) is 15.2. The third kappa shape index (κ3) is 5.55. The Morgan fingerprint density at radius 3 is 2.23 bits per heavy atom. The lowest BCUT2D eigenvalue weighted by atomic mass is 10.2. The third-order valence-electron chi connectivity index (χ3n) is 4.96. The third-order valence-corrected chi connectivity index (χ3v) is 6.91. The van der Waals surface area contributed by atoms with Gasteiger partial charge in [0.2, 0.25) is 10.0 Å². The Hall–Kier alpha value is -2.98. The van der Waals surface area contributed by atoms with Crippen LogP contribution in [0.25, 0.3) is 0 Å². The minimum absolute atomic E-state index is 0.0428. The molecule has 0 atom stereocenters. The molecule has 0 saturated carbocycles. The van der Waals surface area contributed by atoms with E-state index in [-0.39, 0.29) is 18.0 Å². The van der Waals surface area contributed by atoms with Gasteiger partial charge in [0.15, 0.2) is 0 Å². The van der Waals surface area contributed by atoms with E-state index in [1.165, 1.54) is 28.6 Å². The van der Waals surface area contributed by atoms with Crippen LogP contribution >= 0.6 is 0 Å². The highest BCUT2D eigenvalue weighted by molar-refractivity contribution is 7.89. The first-order valence-electron chi connectivity index (χ1n) is 9.67. The molecule has 0 aliphatic carbocycles. The number of sulfonamides is 1. The summed E-state index contributed by atoms with van der Waals surface area (Å²) in [4.78, 5) is 24.4. The number of nitro benzene ring substituents is 1. The Labute approximate surface area is 175 Å². The van der Waals surface area contributed by atoms with Gasteiger partial charge in [-0.2, -0.15) is 4.31 Å². The highest BCUT2D eigenvalue weighted by atomic mass is 32.2. The Balaban J connectivity index is 1.42. The summed E-state index contributed by atoms with van der Waals surface area (Å²) in [5, 5.41) is 13.3. The van der Waals surface area contributed by atoms with Gasteiger partial charge in [-0.15, -0.1) is 0 Å². The number of non-ortho nitro benzene ring substituents is 1. The lowest BCUT2D eigenvalue weighted by molar-refractivity contribution is -0.384. The van der Waals surface area contributed by atoms with Crippen LogP contribution in [0.3, 0.4) is 0 Å². The van der Waals surface area contributed by atoms with E-state index in [1.807, 2.05) is 30.3 Å². The summed E-state index contributed by atoms with van der Waals surface area (Å²) >= 11 is 0. The summed E-state index contributed by atoms with van der Waals surface area (Å²) in [6.45, 7) is 2.36. The van der Waals surface area contributed by atoms with Crippen LogP contribution in [0.15, 0.2) is 54.6 Å². The SMILES string of the molecule is O=C(NCCCS(=O)(=O)N1CCN(c2ccccc2)CC1)c1ccc([N+](=O)[O-])cc1. The van der Waals surface area contributed by atoms with Crippen molar-refractivity contribution in [1.82, 2.24) is 9.62 Å². The predicted molar refractivity (Wildman–Crippen MR) is 114 cm³/mol. The zero-order chi connectivity index (χ0) is 21.6. The number of piperazine rings is 1. The highest BCUT2D eigenvalue weighted by Gasteiger charge is 2.26. The monoisotopic (exact) mass is 432 g/mol. The van der Waals surface area contributed by atoms with E-state index < -0.39 is 20.9 Å². The van der Waals surface area contributed by atoms with E-state index in [9.17, 15) is 23.3 Å². The number of carbonyl (C=O) groups excluding carboxylic acids is 1. The summed E-state index contributed by atoms with van der Waals surface area (Å²) in [6.07, 6.45) is 0.292. The lowest BCUT2D eigenvalue weighted by Gasteiger charge is -2.35. The van der Waals surface area contributed by atoms with Crippen LogP contribution in [0.2, 0.25) is 0 Å². The van der Waals surface area contributed by atoms with E-state index in [0.717, 1.165) is 5.69 Å². The first kappa shape index (κ1) is 21.7. The molecule has 1 saturated heterocycles. The number of nitrogens with one attached hydrogen (secondary N) is 1. The van der Waals surface area contributed by atoms with Crippen LogP contribution in [0.1, 0.15) is 16.8 Å². The normalized spacial score (nSPS) is 15.0. The first-order chi connectivity index (χ1) is 14.4. The molecule has 0 radical (unpaired) electrons. The number of hydrogen-bond acceptors (Lipinski definition) is 6. The van der Waals surface area contributed by atoms with Gasteiger partial charge in [0.1, 0.15) is 0 Å². The topological polar surface area (TPSA) is 113 Å². The molecule has 160 valence electrons. The van der Waals surface area contributed by atoms with E-state index in [4.69, 9.17) is 0 Å². The second kappa shape index (κ2) is 9.68. The maximum absolute atomic E-state index is 12.6. The van der Waals surface area contributed by atoms with Crippen molar-refractivity contribution in [3.63, 3.8) is 0 Å². The second-order valence-corrected chi connectivity index (χ2v) is 9.04. The molecule has 2 aromatic rings. The molecular formula is C20H24N4O5S. The minimum Gasteiger partial charge on any atom is -0.369 e. The van der Waals surface area contributed by atoms with E-state index >= 15 is 0 Å². The molecule has 1 aliphatic rings. The molecule has 9 nitrogen and oxygen atoms in total. The Bertz CT molecular complexity index is 972. The number of benzene rings is 2. The molecule has 3 rings (SSSR count). The van der Waals surface area contributed by atoms with E-state index in [1.54, 1.807) is 0 Å². The van der Waals surface area contributed by atoms with Crippen molar-refractivity contribution in [1.29, 1.82) is 0 Å². The van der Waals surface area contributed by atoms with E-state index in [2.05, 4.69) is 10.2 Å². The number of nitro groups is 1. The number of rotatable bonds is 8. The van der Waals surface area contributed by atoms with Crippen LogP contribution < -0.4 is 10.2 Å². The molecule has 0 spiro atoms. The van der Waals surface area contributed by atoms with Gasteiger partial charge < -0.3 is 10.2 Å². The molecule has 1 fully saturated rings. The molecule has 10 heteroatoms. The van der Waals surface area contributed by atoms with E-state index in [0.29, 0.717) is 38.2 Å². The highest BCUT2D eigenvalue weighted by Crippen LogP contribution is 2.17. The summed E-state index contributed by atoms with van der Waals surface area (Å²) in [5.41, 5.74) is 1.29. The fraction of sp³-hybridized carbons (Fsp3) is 0.350. The molecule has 0 aromatic heterocycles. The average molecular weight is 433 g/mol. The zero-order valence-electron chi connectivity index (χ0n) is 16.4. The molecule has 1 aliphatic heterocycles. The van der Waals surface area contributed by atoms with Crippen LogP contribution in [0.5, 0.6) is 0 Å². The summed E-state index contributed by atoms with van der Waals surface area (Å²) in [5.74, 6) is -0.433. The maximum Gasteiger partial charge on any atom is 0.269 e. The van der Waals surface area contributed by atoms with Crippen LogP contribution in [0.4, 0.5) is 11.4 Å². The lowest BCUT2D eigenvalue weighted by Crippen LogP contribution is -2.49. The van der Waals surface area contributed by atoms with Crippen LogP contribution in [-0.2, 0) is 10.0 Å². The number of anilines is 1. The average Bonchev–Trinajstić information content (AvgIpc) is 2.77. The quantitative estimate of drug-likeness (QED) is 0.387. The van der Waals surface area contributed by atoms with Gasteiger partial charge >= 0.3 is 0 Å². The molecule has 1 N–H and O–H groups in total. The fourth-order valence-corrected chi connectivity index (χ4v) is 4.77. The fourth-order valence-electron chi connectivity index (χ4n) is 3.29. The minimum atomic E-state index is -3.39. The van der Waals surface area contributed by atoms with Crippen molar-refractivity contribution in [2.45, 2.75) is 6.42 Å². The van der Waals surface area contributed by atoms with Gasteiger partial charge in [0.25, 0.3) is 11.6 Å². The zero-order valence-corrected chi connectivity index (χ0v) is 17.3. The number of hydrogen-bond donors (Lipinski definition) is 1. The van der Waals surface area contributed by atoms with Gasteiger partial charge in [0, 0.05) is 56.1 Å². The van der Waals surface area contributed by atoms with Crippen molar-refractivity contribution in [3.05, 3.63) is 70.3 Å². The predicted octanol–water partition coefficient (Wildman–Crippen LogP) is 1.87. The van der Waals surface area contributed by atoms with Gasteiger partial charge in [-0.25, -0.2) is 8.42 Å². The van der Waals surface area contributed by atoms with Gasteiger partial charge in [-0.3, -0.25) is 14.9 Å². The van der Waals surface area contributed by atoms with Crippen molar-refractivity contribution in [2.75, 3.05) is 43.4 Å². The van der Waals surface area contributed by atoms with Crippen molar-refractivity contribution in [2.24, 2.45) is 0 Å². The van der Waals surface area contributed by atoms with Crippen LogP contribution in [0, 0.1) is 10.1 Å². The summed E-state index contributed by atoms with van der Waals surface area (Å²) in [7, 11) is -3.39. The first-order valence-corrected chi connectivity index (χ1v) is 11.3. The van der Waals surface area contributed by atoms with Gasteiger partial charge in [0.05, 0.1) is 10.7 Å². The van der Waals surface area contributed by atoms with Crippen molar-refractivity contribution in [3.8, 4) is 0 Å². The molecule has 30 heavy (non-hydrogen) atoms. The Morgan fingerprint density at radius 1 is 1.00 bits per heavy atom. The van der Waals surface area contributed by atoms with Gasteiger partial charge in [-0.1, -0.05) is 18.2 Å². The number of nitrogens with zero attached hydrogens (tertiary/aromatic N) is 3. The second-order valence-electron chi connectivity index (χ2n) is 6.95. The largest absolute Gasteiger partial charge is 0.369 e. The Morgan fingerprint density at radius 2 is 1.63 bits per heavy atom.